The number of nitrogens with zero attached hydrogens (tertiary/aromatic N) is 3. The Hall–Kier alpha value is -3.71. The molecule has 5 rings (SSSR count). The van der Waals surface area contributed by atoms with Gasteiger partial charge in [0.1, 0.15) is 0 Å². The first kappa shape index (κ1) is 22.1. The van der Waals surface area contributed by atoms with Crippen LogP contribution in [0.15, 0.2) is 89.7 Å². The Bertz CT molecular complexity index is 1350. The molecule has 1 saturated heterocycles. The lowest BCUT2D eigenvalue weighted by atomic mass is 10.1. The van der Waals surface area contributed by atoms with Crippen LogP contribution in [0.5, 0.6) is 0 Å². The summed E-state index contributed by atoms with van der Waals surface area (Å²) < 4.78 is 0.758. The number of piperazine rings is 1. The van der Waals surface area contributed by atoms with Gasteiger partial charge in [0, 0.05) is 60.0 Å². The molecule has 0 bridgehead atoms. The van der Waals surface area contributed by atoms with Crippen LogP contribution >= 0.6 is 15.9 Å². The van der Waals surface area contributed by atoms with Crippen LogP contribution in [0.4, 0.5) is 11.4 Å². The Labute approximate surface area is 206 Å². The van der Waals surface area contributed by atoms with Crippen molar-refractivity contribution in [2.75, 3.05) is 36.4 Å². The molecule has 34 heavy (non-hydrogen) atoms. The second kappa shape index (κ2) is 9.65. The van der Waals surface area contributed by atoms with Crippen LogP contribution in [0.2, 0.25) is 0 Å². The summed E-state index contributed by atoms with van der Waals surface area (Å²) in [6.07, 6.45) is 3.17. The summed E-state index contributed by atoms with van der Waals surface area (Å²) >= 11 is 3.33. The molecule has 7 heteroatoms. The molecule has 0 atom stereocenters. The first-order valence-corrected chi connectivity index (χ1v) is 11.9. The maximum absolute atomic E-state index is 13.0. The molecular formula is C27H23BrN4O2. The average Bonchev–Trinajstić information content (AvgIpc) is 2.88. The molecule has 2 heterocycles. The van der Waals surface area contributed by atoms with Gasteiger partial charge in [-0.05, 0) is 69.2 Å². The van der Waals surface area contributed by atoms with Crippen molar-refractivity contribution >= 4 is 49.9 Å². The smallest absolute Gasteiger partial charge is 0.257 e. The zero-order valence-corrected chi connectivity index (χ0v) is 20.0. The second-order valence-corrected chi connectivity index (χ2v) is 9.15. The Morgan fingerprint density at radius 2 is 1.53 bits per heavy atom. The molecule has 1 aromatic heterocycles. The van der Waals surface area contributed by atoms with Crippen molar-refractivity contribution in [1.29, 1.82) is 0 Å². The van der Waals surface area contributed by atoms with E-state index in [1.54, 1.807) is 12.3 Å². The third kappa shape index (κ3) is 4.79. The first-order valence-electron chi connectivity index (χ1n) is 11.1. The molecule has 3 aromatic carbocycles. The number of nitrogens with one attached hydrogen (secondary N) is 1. The van der Waals surface area contributed by atoms with Gasteiger partial charge in [-0.3, -0.25) is 14.6 Å². The number of pyridine rings is 1. The van der Waals surface area contributed by atoms with Gasteiger partial charge >= 0.3 is 0 Å². The highest BCUT2D eigenvalue weighted by Gasteiger charge is 2.22. The fraction of sp³-hybridized carbons (Fsp3) is 0.148. The topological polar surface area (TPSA) is 65.5 Å². The molecule has 6 nitrogen and oxygen atoms in total. The number of carbonyl (C=O) groups is 2. The molecule has 1 fully saturated rings. The van der Waals surface area contributed by atoms with Gasteiger partial charge in [-0.1, -0.05) is 30.3 Å². The molecule has 0 saturated carbocycles. The van der Waals surface area contributed by atoms with E-state index < -0.39 is 0 Å². The number of fused-ring (bicyclic) bond motifs is 1. The van der Waals surface area contributed by atoms with Gasteiger partial charge in [-0.2, -0.15) is 0 Å². The van der Waals surface area contributed by atoms with Gasteiger partial charge in [-0.25, -0.2) is 0 Å². The monoisotopic (exact) mass is 514 g/mol. The van der Waals surface area contributed by atoms with Crippen molar-refractivity contribution in [3.05, 3.63) is 101 Å². The Balaban J connectivity index is 1.19. The van der Waals surface area contributed by atoms with Crippen molar-refractivity contribution in [1.82, 2.24) is 9.88 Å². The number of aromatic nitrogens is 1. The highest BCUT2D eigenvalue weighted by molar-refractivity contribution is 9.10. The van der Waals surface area contributed by atoms with E-state index in [0.717, 1.165) is 45.3 Å². The lowest BCUT2D eigenvalue weighted by molar-refractivity contribution is 0.0746. The van der Waals surface area contributed by atoms with Crippen LogP contribution in [0.25, 0.3) is 10.8 Å². The lowest BCUT2D eigenvalue weighted by Crippen LogP contribution is -2.48. The van der Waals surface area contributed by atoms with Gasteiger partial charge in [0.15, 0.2) is 0 Å². The van der Waals surface area contributed by atoms with Crippen LogP contribution in [0, 0.1) is 0 Å². The Morgan fingerprint density at radius 1 is 0.794 bits per heavy atom. The summed E-state index contributed by atoms with van der Waals surface area (Å²) in [6, 6.07) is 23.5. The first-order chi connectivity index (χ1) is 16.6. The molecule has 1 N–H and O–H groups in total. The number of carbonyl (C=O) groups excluding carboxylic acids is 2. The van der Waals surface area contributed by atoms with Crippen LogP contribution in [-0.4, -0.2) is 47.9 Å². The van der Waals surface area contributed by atoms with Crippen molar-refractivity contribution in [2.45, 2.75) is 0 Å². The summed E-state index contributed by atoms with van der Waals surface area (Å²) in [5.74, 6) is -0.132. The second-order valence-electron chi connectivity index (χ2n) is 8.23. The van der Waals surface area contributed by atoms with Crippen molar-refractivity contribution in [3.8, 4) is 0 Å². The van der Waals surface area contributed by atoms with Crippen molar-refractivity contribution in [3.63, 3.8) is 0 Å². The molecule has 0 unspecified atom stereocenters. The molecule has 0 aliphatic carbocycles. The minimum atomic E-state index is -0.206. The highest BCUT2D eigenvalue weighted by Crippen LogP contribution is 2.22. The maximum Gasteiger partial charge on any atom is 0.257 e. The summed E-state index contributed by atoms with van der Waals surface area (Å²) in [4.78, 5) is 33.7. The zero-order chi connectivity index (χ0) is 23.5. The van der Waals surface area contributed by atoms with Gasteiger partial charge in [0.2, 0.25) is 0 Å². The quantitative estimate of drug-likeness (QED) is 0.405. The van der Waals surface area contributed by atoms with E-state index in [1.807, 2.05) is 65.6 Å². The molecule has 2 amide bonds. The van der Waals surface area contributed by atoms with E-state index in [9.17, 15) is 9.59 Å². The number of amides is 2. The average molecular weight is 515 g/mol. The molecule has 0 spiro atoms. The number of anilines is 2. The van der Waals surface area contributed by atoms with E-state index in [4.69, 9.17) is 0 Å². The van der Waals surface area contributed by atoms with Gasteiger partial charge in [0.05, 0.1) is 5.56 Å². The van der Waals surface area contributed by atoms with Crippen LogP contribution in [-0.2, 0) is 0 Å². The van der Waals surface area contributed by atoms with Crippen molar-refractivity contribution in [2.24, 2.45) is 0 Å². The number of halogens is 1. The molecule has 170 valence electrons. The van der Waals surface area contributed by atoms with E-state index in [-0.39, 0.29) is 11.8 Å². The highest BCUT2D eigenvalue weighted by atomic mass is 79.9. The van der Waals surface area contributed by atoms with E-state index in [1.165, 1.54) is 6.20 Å². The zero-order valence-electron chi connectivity index (χ0n) is 18.4. The number of hydrogen-bond donors (Lipinski definition) is 1. The lowest BCUT2D eigenvalue weighted by Gasteiger charge is -2.36. The largest absolute Gasteiger partial charge is 0.368 e. The Kier molecular flexibility index (Phi) is 6.27. The van der Waals surface area contributed by atoms with E-state index >= 15 is 0 Å². The van der Waals surface area contributed by atoms with Gasteiger partial charge < -0.3 is 15.1 Å². The van der Waals surface area contributed by atoms with E-state index in [0.29, 0.717) is 18.7 Å². The predicted molar refractivity (Wildman–Crippen MR) is 138 cm³/mol. The standard InChI is InChI=1S/C27H23BrN4O2/c28-23-16-22(17-29-18-23)26(33)30-24-7-9-25(10-8-24)31-11-13-32(14-12-31)27(34)21-6-5-19-3-1-2-4-20(19)15-21/h1-10,15-18H,11-14H2,(H,30,33). The SMILES string of the molecule is O=C(Nc1ccc(N2CCN(C(=O)c3ccc4ccccc4c3)CC2)cc1)c1cncc(Br)c1. The summed E-state index contributed by atoms with van der Waals surface area (Å²) in [7, 11) is 0. The van der Waals surface area contributed by atoms with Crippen molar-refractivity contribution < 1.29 is 9.59 Å². The number of hydrogen-bond acceptors (Lipinski definition) is 4. The maximum atomic E-state index is 13.0. The Morgan fingerprint density at radius 3 is 2.26 bits per heavy atom. The van der Waals surface area contributed by atoms with Gasteiger partial charge in [0.25, 0.3) is 11.8 Å². The predicted octanol–water partition coefficient (Wildman–Crippen LogP) is 5.21. The number of rotatable bonds is 4. The molecule has 0 radical (unpaired) electrons. The third-order valence-corrected chi connectivity index (χ3v) is 6.45. The molecular weight excluding hydrogens is 492 g/mol. The fourth-order valence-corrected chi connectivity index (χ4v) is 4.53. The minimum Gasteiger partial charge on any atom is -0.368 e. The molecule has 4 aromatic rings. The summed E-state index contributed by atoms with van der Waals surface area (Å²) in [6.45, 7) is 2.85. The number of benzene rings is 3. The van der Waals surface area contributed by atoms with Crippen LogP contribution < -0.4 is 10.2 Å². The molecule has 1 aliphatic rings. The van der Waals surface area contributed by atoms with Crippen LogP contribution in [0.1, 0.15) is 20.7 Å². The van der Waals surface area contributed by atoms with E-state index in [2.05, 4.69) is 37.2 Å². The van der Waals surface area contributed by atoms with Crippen LogP contribution in [0.3, 0.4) is 0 Å². The van der Waals surface area contributed by atoms with Gasteiger partial charge in [-0.15, -0.1) is 0 Å². The third-order valence-electron chi connectivity index (χ3n) is 6.02. The minimum absolute atomic E-state index is 0.0745. The normalized spacial score (nSPS) is 13.7. The molecule has 1 aliphatic heterocycles. The fourth-order valence-electron chi connectivity index (χ4n) is 4.17. The summed E-state index contributed by atoms with van der Waals surface area (Å²) in [5, 5.41) is 5.11. The summed E-state index contributed by atoms with van der Waals surface area (Å²) in [5.41, 5.74) is 3.01.